The van der Waals surface area contributed by atoms with Crippen LogP contribution in [0, 0.1) is 10.1 Å². The second-order valence-electron chi connectivity index (χ2n) is 3.07. The van der Waals surface area contributed by atoms with Crippen LogP contribution in [0.3, 0.4) is 0 Å². The summed E-state index contributed by atoms with van der Waals surface area (Å²) in [5, 5.41) is 10.7. The third-order valence-corrected chi connectivity index (χ3v) is 2.00. The maximum absolute atomic E-state index is 12.6. The summed E-state index contributed by atoms with van der Waals surface area (Å²) in [7, 11) is 0. The third kappa shape index (κ3) is 2.50. The fourth-order valence-electron chi connectivity index (χ4n) is 1.30. The summed E-state index contributed by atoms with van der Waals surface area (Å²) in [6.45, 7) is 1.36. The molecule has 0 aliphatic carbocycles. The van der Waals surface area contributed by atoms with Gasteiger partial charge in [-0.05, 0) is 6.92 Å². The molecule has 18 heavy (non-hydrogen) atoms. The zero-order valence-electron chi connectivity index (χ0n) is 9.11. The summed E-state index contributed by atoms with van der Waals surface area (Å²) < 4.78 is 29.7. The minimum Gasteiger partial charge on any atom is -0.462 e. The number of hydrogen-bond donors (Lipinski definition) is 1. The van der Waals surface area contributed by atoms with Crippen LogP contribution in [0.2, 0.25) is 0 Å². The van der Waals surface area contributed by atoms with Gasteiger partial charge in [-0.15, -0.1) is 0 Å². The lowest BCUT2D eigenvalue weighted by Gasteiger charge is -2.05. The van der Waals surface area contributed by atoms with Crippen molar-refractivity contribution < 1.29 is 23.2 Å². The van der Waals surface area contributed by atoms with Gasteiger partial charge in [0.25, 0.3) is 17.7 Å². The van der Waals surface area contributed by atoms with Gasteiger partial charge in [0.15, 0.2) is 11.1 Å². The van der Waals surface area contributed by atoms with Crippen LogP contribution in [0.5, 0.6) is 0 Å². The van der Waals surface area contributed by atoms with Crippen molar-refractivity contribution in [3.8, 4) is 0 Å². The van der Waals surface area contributed by atoms with Crippen LogP contribution in [-0.2, 0) is 4.74 Å². The van der Waals surface area contributed by atoms with Gasteiger partial charge < -0.3 is 9.72 Å². The molecule has 1 N–H and O–H groups in total. The number of rotatable bonds is 4. The molecule has 0 spiro atoms. The van der Waals surface area contributed by atoms with Gasteiger partial charge in [0.1, 0.15) is 0 Å². The molecule has 9 heteroatoms. The average molecular weight is 262 g/mol. The number of pyridine rings is 1. The summed E-state index contributed by atoms with van der Waals surface area (Å²) in [5.74, 6) is -1.15. The Morgan fingerprint density at radius 1 is 1.61 bits per heavy atom. The third-order valence-electron chi connectivity index (χ3n) is 2.00. The van der Waals surface area contributed by atoms with Crippen LogP contribution in [0.4, 0.5) is 14.5 Å². The zero-order chi connectivity index (χ0) is 13.9. The van der Waals surface area contributed by atoms with Gasteiger partial charge in [-0.25, -0.2) is 13.6 Å². The molecule has 1 rings (SSSR count). The van der Waals surface area contributed by atoms with Gasteiger partial charge >= 0.3 is 5.97 Å². The number of nitrogens with one attached hydrogen (secondary N) is 1. The first-order chi connectivity index (χ1) is 8.40. The number of alkyl halides is 2. The molecule has 0 aliphatic heterocycles. The molecule has 0 atom stereocenters. The Morgan fingerprint density at radius 2 is 2.22 bits per heavy atom. The number of nitro groups is 1. The highest BCUT2D eigenvalue weighted by Crippen LogP contribution is 2.28. The van der Waals surface area contributed by atoms with E-state index in [0.29, 0.717) is 6.20 Å². The highest BCUT2D eigenvalue weighted by atomic mass is 19.3. The topological polar surface area (TPSA) is 102 Å². The van der Waals surface area contributed by atoms with Crippen molar-refractivity contribution in [2.24, 2.45) is 0 Å². The van der Waals surface area contributed by atoms with E-state index >= 15 is 0 Å². The lowest BCUT2D eigenvalue weighted by Crippen LogP contribution is -2.20. The van der Waals surface area contributed by atoms with Crippen LogP contribution in [0.25, 0.3) is 0 Å². The molecule has 0 fully saturated rings. The van der Waals surface area contributed by atoms with Crippen molar-refractivity contribution in [1.82, 2.24) is 4.98 Å². The van der Waals surface area contributed by atoms with E-state index in [9.17, 15) is 28.5 Å². The molecule has 1 heterocycles. The van der Waals surface area contributed by atoms with Gasteiger partial charge in [-0.2, -0.15) is 0 Å². The summed E-state index contributed by atoms with van der Waals surface area (Å²) in [6, 6.07) is 0. The number of esters is 1. The Kier molecular flexibility index (Phi) is 4.08. The number of aromatic nitrogens is 1. The Morgan fingerprint density at radius 3 is 2.67 bits per heavy atom. The number of H-pyrrole nitrogens is 1. The second kappa shape index (κ2) is 5.34. The molecule has 0 amide bonds. The lowest BCUT2D eigenvalue weighted by molar-refractivity contribution is -0.386. The zero-order valence-corrected chi connectivity index (χ0v) is 9.11. The Labute approximate surface area is 98.5 Å². The normalized spacial score (nSPS) is 10.4. The highest BCUT2D eigenvalue weighted by molar-refractivity contribution is 5.94. The van der Waals surface area contributed by atoms with Crippen LogP contribution in [0.15, 0.2) is 11.0 Å². The van der Waals surface area contributed by atoms with Crippen molar-refractivity contribution >= 4 is 11.7 Å². The first kappa shape index (κ1) is 13.7. The Balaban J connectivity index is 3.54. The Bertz CT molecular complexity index is 540. The highest BCUT2D eigenvalue weighted by Gasteiger charge is 2.32. The smallest absolute Gasteiger partial charge is 0.346 e. The summed E-state index contributed by atoms with van der Waals surface area (Å²) in [4.78, 5) is 33.8. The predicted molar refractivity (Wildman–Crippen MR) is 54.6 cm³/mol. The number of halogens is 2. The second-order valence-corrected chi connectivity index (χ2v) is 3.07. The number of aromatic amines is 1. The molecular formula is C9H8F2N2O5. The standard InChI is InChI=1S/C9H8F2N2O5/c1-2-18-9(15)4-3-12-8(14)5(7(10)11)6(4)13(16)17/h3,7H,2H2,1H3,(H,12,14). The molecule has 7 nitrogen and oxygen atoms in total. The van der Waals surface area contributed by atoms with Gasteiger partial charge in [0.2, 0.25) is 0 Å². The maximum atomic E-state index is 12.6. The van der Waals surface area contributed by atoms with Crippen LogP contribution in [0.1, 0.15) is 29.3 Å². The fourth-order valence-corrected chi connectivity index (χ4v) is 1.30. The number of ether oxygens (including phenoxy) is 1. The lowest BCUT2D eigenvalue weighted by atomic mass is 10.1. The van der Waals surface area contributed by atoms with Crippen LogP contribution < -0.4 is 5.56 Å². The SMILES string of the molecule is CCOC(=O)c1c[nH]c(=O)c(C(F)F)c1[N+](=O)[O-]. The molecule has 0 saturated heterocycles. The van der Waals surface area contributed by atoms with Crippen LogP contribution in [-0.4, -0.2) is 22.5 Å². The van der Waals surface area contributed by atoms with Gasteiger partial charge in [0, 0.05) is 6.20 Å². The van der Waals surface area contributed by atoms with Gasteiger partial charge in [-0.3, -0.25) is 14.9 Å². The number of nitrogens with zero attached hydrogens (tertiary/aromatic N) is 1. The summed E-state index contributed by atoms with van der Waals surface area (Å²) >= 11 is 0. The molecule has 1 aromatic rings. The van der Waals surface area contributed by atoms with Gasteiger partial charge in [0.05, 0.1) is 11.5 Å². The summed E-state index contributed by atoms with van der Waals surface area (Å²) in [5.41, 5.74) is -4.61. The molecule has 0 radical (unpaired) electrons. The molecular weight excluding hydrogens is 254 g/mol. The largest absolute Gasteiger partial charge is 0.462 e. The van der Waals surface area contributed by atoms with Gasteiger partial charge in [-0.1, -0.05) is 0 Å². The number of carbonyl (C=O) groups is 1. The molecule has 98 valence electrons. The van der Waals surface area contributed by atoms with Crippen molar-refractivity contribution in [3.63, 3.8) is 0 Å². The fraction of sp³-hybridized carbons (Fsp3) is 0.333. The van der Waals surface area contributed by atoms with Crippen molar-refractivity contribution in [2.75, 3.05) is 6.61 Å². The van der Waals surface area contributed by atoms with E-state index in [1.165, 1.54) is 6.92 Å². The van der Waals surface area contributed by atoms with Crippen molar-refractivity contribution in [2.45, 2.75) is 13.3 Å². The van der Waals surface area contributed by atoms with E-state index in [1.807, 2.05) is 4.98 Å². The Hall–Kier alpha value is -2.32. The van der Waals surface area contributed by atoms with Crippen molar-refractivity contribution in [1.29, 1.82) is 0 Å². The molecule has 0 bridgehead atoms. The van der Waals surface area contributed by atoms with E-state index in [1.54, 1.807) is 0 Å². The van der Waals surface area contributed by atoms with E-state index in [0.717, 1.165) is 0 Å². The minimum atomic E-state index is -3.37. The van der Waals surface area contributed by atoms with Crippen molar-refractivity contribution in [3.05, 3.63) is 37.8 Å². The van der Waals surface area contributed by atoms with E-state index in [-0.39, 0.29) is 6.61 Å². The first-order valence-electron chi connectivity index (χ1n) is 4.75. The average Bonchev–Trinajstić information content (AvgIpc) is 2.27. The molecule has 1 aromatic heterocycles. The monoisotopic (exact) mass is 262 g/mol. The number of hydrogen-bond acceptors (Lipinski definition) is 5. The molecule has 0 unspecified atom stereocenters. The first-order valence-corrected chi connectivity index (χ1v) is 4.75. The molecule has 0 aliphatic rings. The number of carbonyl (C=O) groups excluding carboxylic acids is 1. The van der Waals surface area contributed by atoms with E-state index in [2.05, 4.69) is 4.74 Å². The molecule has 0 saturated carbocycles. The molecule has 0 aromatic carbocycles. The van der Waals surface area contributed by atoms with E-state index in [4.69, 9.17) is 0 Å². The maximum Gasteiger partial charge on any atom is 0.346 e. The quantitative estimate of drug-likeness (QED) is 0.502. The van der Waals surface area contributed by atoms with E-state index < -0.39 is 39.7 Å². The predicted octanol–water partition coefficient (Wildman–Crippen LogP) is 1.40. The minimum absolute atomic E-state index is 0.0842. The summed E-state index contributed by atoms with van der Waals surface area (Å²) in [6.07, 6.45) is -2.69. The van der Waals surface area contributed by atoms with Crippen LogP contribution >= 0.6 is 0 Å².